The van der Waals surface area contributed by atoms with Crippen LogP contribution in [0.15, 0.2) is 0 Å². The molecule has 0 radical (unpaired) electrons. The predicted molar refractivity (Wildman–Crippen MR) is 78.6 cm³/mol. The molecule has 5 heteroatoms. The van der Waals surface area contributed by atoms with Crippen molar-refractivity contribution in [3.8, 4) is 0 Å². The molecular weight excluding hydrogens is 260 g/mol. The number of hydrogen-bond acceptors (Lipinski definition) is 3. The topological polar surface area (TPSA) is 49.4 Å². The minimum absolute atomic E-state index is 0.210. The van der Waals surface area contributed by atoms with Gasteiger partial charge < -0.3 is 5.32 Å². The van der Waals surface area contributed by atoms with Crippen LogP contribution in [-0.2, 0) is 10.0 Å². The normalized spacial score (nSPS) is 30.1. The van der Waals surface area contributed by atoms with Gasteiger partial charge in [0.05, 0.1) is 5.75 Å². The highest BCUT2D eigenvalue weighted by molar-refractivity contribution is 7.89. The molecule has 2 heterocycles. The van der Waals surface area contributed by atoms with Gasteiger partial charge >= 0.3 is 0 Å². The molecule has 2 aliphatic heterocycles. The van der Waals surface area contributed by atoms with E-state index < -0.39 is 10.0 Å². The highest BCUT2D eigenvalue weighted by Crippen LogP contribution is 2.36. The maximum atomic E-state index is 12.4. The summed E-state index contributed by atoms with van der Waals surface area (Å²) in [7, 11) is -3.05. The Kier molecular flexibility index (Phi) is 4.90. The van der Waals surface area contributed by atoms with Crippen LogP contribution < -0.4 is 5.32 Å². The van der Waals surface area contributed by atoms with Gasteiger partial charge in [-0.3, -0.25) is 0 Å². The van der Waals surface area contributed by atoms with Crippen molar-refractivity contribution in [1.29, 1.82) is 0 Å². The Morgan fingerprint density at radius 2 is 2.00 bits per heavy atom. The van der Waals surface area contributed by atoms with E-state index >= 15 is 0 Å². The molecule has 2 aliphatic rings. The third-order valence-electron chi connectivity index (χ3n) is 4.53. The second-order valence-corrected chi connectivity index (χ2v) is 8.80. The van der Waals surface area contributed by atoms with E-state index in [1.54, 1.807) is 4.31 Å². The van der Waals surface area contributed by atoms with E-state index in [0.717, 1.165) is 39.0 Å². The maximum Gasteiger partial charge on any atom is 0.214 e. The lowest BCUT2D eigenvalue weighted by Crippen LogP contribution is -2.52. The van der Waals surface area contributed by atoms with E-state index in [0.29, 0.717) is 11.7 Å². The molecule has 2 rings (SSSR count). The number of hydrogen-bond donors (Lipinski definition) is 1. The van der Waals surface area contributed by atoms with Crippen LogP contribution in [0.2, 0.25) is 0 Å². The number of sulfonamides is 1. The molecular formula is C14H28N2O2S. The van der Waals surface area contributed by atoms with Crippen molar-refractivity contribution in [3.63, 3.8) is 0 Å². The fourth-order valence-electron chi connectivity index (χ4n) is 3.29. The van der Waals surface area contributed by atoms with Gasteiger partial charge in [-0.15, -0.1) is 0 Å². The largest absolute Gasteiger partial charge is 0.316 e. The molecule has 0 amide bonds. The average Bonchev–Trinajstić information content (AvgIpc) is 2.37. The lowest BCUT2D eigenvalue weighted by Gasteiger charge is -2.44. The molecule has 112 valence electrons. The van der Waals surface area contributed by atoms with Crippen LogP contribution in [0, 0.1) is 11.3 Å². The molecule has 2 saturated heterocycles. The average molecular weight is 288 g/mol. The highest BCUT2D eigenvalue weighted by Gasteiger charge is 2.39. The number of nitrogens with zero attached hydrogens (tertiary/aromatic N) is 1. The molecule has 0 saturated carbocycles. The molecule has 1 N–H and O–H groups in total. The maximum absolute atomic E-state index is 12.4. The second-order valence-electron chi connectivity index (χ2n) is 6.72. The molecule has 0 bridgehead atoms. The fraction of sp³-hybridized carbons (Fsp3) is 1.00. The Bertz CT molecular complexity index is 381. The zero-order valence-electron chi connectivity index (χ0n) is 12.3. The van der Waals surface area contributed by atoms with Crippen LogP contribution in [0.5, 0.6) is 0 Å². The van der Waals surface area contributed by atoms with E-state index in [9.17, 15) is 8.42 Å². The van der Waals surface area contributed by atoms with Crippen molar-refractivity contribution >= 4 is 10.0 Å². The van der Waals surface area contributed by atoms with Gasteiger partial charge in [-0.2, -0.15) is 0 Å². The van der Waals surface area contributed by atoms with Gasteiger partial charge in [0.2, 0.25) is 10.0 Å². The van der Waals surface area contributed by atoms with E-state index in [1.807, 2.05) is 0 Å². The van der Waals surface area contributed by atoms with Crippen LogP contribution in [0.25, 0.3) is 0 Å². The summed E-state index contributed by atoms with van der Waals surface area (Å²) in [4.78, 5) is 0. The SMILES string of the molecule is CC(C)CCS(=O)(=O)N1CCCC2(CCCNC2)C1. The van der Waals surface area contributed by atoms with Crippen molar-refractivity contribution in [1.82, 2.24) is 9.62 Å². The zero-order chi connectivity index (χ0) is 13.9. The van der Waals surface area contributed by atoms with Crippen LogP contribution in [-0.4, -0.2) is 44.7 Å². The molecule has 0 aliphatic carbocycles. The summed E-state index contributed by atoms with van der Waals surface area (Å²) in [6, 6.07) is 0. The number of nitrogens with one attached hydrogen (secondary N) is 1. The van der Waals surface area contributed by atoms with Gasteiger partial charge in [0.15, 0.2) is 0 Å². The van der Waals surface area contributed by atoms with Gasteiger partial charge in [-0.25, -0.2) is 12.7 Å². The predicted octanol–water partition coefficient (Wildman–Crippen LogP) is 1.83. The van der Waals surface area contributed by atoms with E-state index in [1.165, 1.54) is 19.3 Å². The molecule has 1 spiro atoms. The Morgan fingerprint density at radius 3 is 2.63 bits per heavy atom. The summed E-state index contributed by atoms with van der Waals surface area (Å²) >= 11 is 0. The minimum Gasteiger partial charge on any atom is -0.316 e. The summed E-state index contributed by atoms with van der Waals surface area (Å²) in [5, 5.41) is 3.45. The van der Waals surface area contributed by atoms with E-state index in [2.05, 4.69) is 19.2 Å². The minimum atomic E-state index is -3.05. The first kappa shape index (κ1) is 15.3. The molecule has 0 aromatic heterocycles. The smallest absolute Gasteiger partial charge is 0.214 e. The van der Waals surface area contributed by atoms with Gasteiger partial charge in [0.1, 0.15) is 0 Å². The van der Waals surface area contributed by atoms with Crippen LogP contribution in [0.3, 0.4) is 0 Å². The Balaban J connectivity index is 2.00. The number of rotatable bonds is 4. The van der Waals surface area contributed by atoms with Crippen molar-refractivity contribution in [2.45, 2.75) is 46.0 Å². The Hall–Kier alpha value is -0.130. The lowest BCUT2D eigenvalue weighted by molar-refractivity contribution is 0.110. The molecule has 1 unspecified atom stereocenters. The molecule has 0 aromatic rings. The van der Waals surface area contributed by atoms with E-state index in [-0.39, 0.29) is 5.41 Å². The summed E-state index contributed by atoms with van der Waals surface area (Å²) < 4.78 is 26.6. The third-order valence-corrected chi connectivity index (χ3v) is 6.38. The first-order chi connectivity index (χ1) is 8.94. The summed E-state index contributed by atoms with van der Waals surface area (Å²) in [5.41, 5.74) is 0.210. The molecule has 0 aromatic carbocycles. The quantitative estimate of drug-likeness (QED) is 0.858. The van der Waals surface area contributed by atoms with E-state index in [4.69, 9.17) is 0 Å². The first-order valence-electron chi connectivity index (χ1n) is 7.62. The van der Waals surface area contributed by atoms with Crippen LogP contribution in [0.1, 0.15) is 46.0 Å². The molecule has 4 nitrogen and oxygen atoms in total. The van der Waals surface area contributed by atoms with Gasteiger partial charge in [0.25, 0.3) is 0 Å². The molecule has 2 fully saturated rings. The second kappa shape index (κ2) is 6.10. The summed E-state index contributed by atoms with van der Waals surface area (Å²) in [5.74, 6) is 0.763. The first-order valence-corrected chi connectivity index (χ1v) is 9.23. The fourth-order valence-corrected chi connectivity index (χ4v) is 5.20. The third kappa shape index (κ3) is 3.92. The molecule has 1 atom stereocenters. The summed E-state index contributed by atoms with van der Waals surface area (Å²) in [6.07, 6.45) is 5.32. The van der Waals surface area contributed by atoms with Crippen molar-refractivity contribution in [3.05, 3.63) is 0 Å². The van der Waals surface area contributed by atoms with Crippen molar-refractivity contribution in [2.24, 2.45) is 11.3 Å². The summed E-state index contributed by atoms with van der Waals surface area (Å²) in [6.45, 7) is 7.70. The van der Waals surface area contributed by atoms with Crippen molar-refractivity contribution in [2.75, 3.05) is 31.9 Å². The van der Waals surface area contributed by atoms with Gasteiger partial charge in [-0.05, 0) is 50.0 Å². The Labute approximate surface area is 118 Å². The van der Waals surface area contributed by atoms with Gasteiger partial charge in [-0.1, -0.05) is 13.8 Å². The molecule has 19 heavy (non-hydrogen) atoms. The zero-order valence-corrected chi connectivity index (χ0v) is 13.1. The van der Waals surface area contributed by atoms with Crippen LogP contribution >= 0.6 is 0 Å². The van der Waals surface area contributed by atoms with Gasteiger partial charge in [0, 0.05) is 19.6 Å². The Morgan fingerprint density at radius 1 is 1.26 bits per heavy atom. The standard InChI is InChI=1S/C14H28N2O2S/c1-13(2)5-10-19(17,18)16-9-4-7-14(12-16)6-3-8-15-11-14/h13,15H,3-12H2,1-2H3. The monoisotopic (exact) mass is 288 g/mol. The number of piperidine rings is 2. The lowest BCUT2D eigenvalue weighted by atomic mass is 9.75. The van der Waals surface area contributed by atoms with Crippen LogP contribution in [0.4, 0.5) is 0 Å². The highest BCUT2D eigenvalue weighted by atomic mass is 32.2. The van der Waals surface area contributed by atoms with Crippen molar-refractivity contribution < 1.29 is 8.42 Å².